The molecule has 4 rings (SSSR count). The Kier molecular flexibility index (Phi) is 7.88. The molecule has 5 nitrogen and oxygen atoms in total. The third-order valence-corrected chi connectivity index (χ3v) is 6.65. The van der Waals surface area contributed by atoms with Gasteiger partial charge in [0.25, 0.3) is 5.91 Å². The smallest absolute Gasteiger partial charge is 0.328 e. The number of carbonyl (C=O) groups excluding carboxylic acids is 2. The number of aryl methyl sites for hydroxylation is 1. The molecule has 35 heavy (non-hydrogen) atoms. The Morgan fingerprint density at radius 2 is 1.77 bits per heavy atom. The first-order chi connectivity index (χ1) is 17.0. The van der Waals surface area contributed by atoms with Gasteiger partial charge in [-0.15, -0.1) is 0 Å². The lowest BCUT2D eigenvalue weighted by atomic mass is 9.96. The molecule has 0 aliphatic carbocycles. The van der Waals surface area contributed by atoms with Crippen molar-refractivity contribution in [1.82, 2.24) is 5.32 Å². The Balaban J connectivity index is 1.43. The number of rotatable bonds is 7. The monoisotopic (exact) mass is 488 g/mol. The molecule has 1 aliphatic heterocycles. The summed E-state index contributed by atoms with van der Waals surface area (Å²) in [7, 11) is 1.32. The van der Waals surface area contributed by atoms with Crippen LogP contribution in [0.3, 0.4) is 0 Å². The maximum Gasteiger partial charge on any atom is 0.328 e. The molecule has 0 saturated carbocycles. The fourth-order valence-electron chi connectivity index (χ4n) is 4.38. The van der Waals surface area contributed by atoms with Crippen LogP contribution in [-0.2, 0) is 16.0 Å². The van der Waals surface area contributed by atoms with Crippen LogP contribution in [0, 0.1) is 6.92 Å². The van der Waals surface area contributed by atoms with Crippen LogP contribution >= 0.6 is 11.6 Å². The molecule has 1 unspecified atom stereocenters. The van der Waals surface area contributed by atoms with Crippen LogP contribution in [0.2, 0.25) is 5.02 Å². The second-order valence-electron chi connectivity index (χ2n) is 8.64. The molecule has 0 saturated heterocycles. The number of ether oxygens (including phenoxy) is 1. The number of hydrogen-bond acceptors (Lipinski definition) is 4. The standard InChI is InChI=1S/C29H29ClN2O3/c1-20-7-6-10-25(30)27(20)28(33)31-26(29(34)35-2)19-21-11-13-22(14-12-21)23-15-17-32(18-16-23)24-8-4-3-5-9-24/h3-15,26H,16-19H2,1-2H3,(H,31,33). The van der Waals surface area contributed by atoms with Crippen molar-refractivity contribution in [3.8, 4) is 0 Å². The Bertz CT molecular complexity index is 1200. The number of nitrogens with zero attached hydrogens (tertiary/aromatic N) is 1. The average Bonchev–Trinajstić information content (AvgIpc) is 2.89. The molecule has 6 heteroatoms. The molecule has 3 aromatic carbocycles. The summed E-state index contributed by atoms with van der Waals surface area (Å²) in [5.74, 6) is -0.890. The third-order valence-electron chi connectivity index (χ3n) is 6.34. The molecule has 1 heterocycles. The van der Waals surface area contributed by atoms with Crippen LogP contribution < -0.4 is 10.2 Å². The minimum atomic E-state index is -0.817. The van der Waals surface area contributed by atoms with E-state index in [1.54, 1.807) is 12.1 Å². The fourth-order valence-corrected chi connectivity index (χ4v) is 4.69. The van der Waals surface area contributed by atoms with E-state index >= 15 is 0 Å². The molecule has 0 spiro atoms. The number of benzene rings is 3. The molecule has 3 aromatic rings. The molecule has 0 fully saturated rings. The van der Waals surface area contributed by atoms with Gasteiger partial charge in [-0.3, -0.25) is 4.79 Å². The van der Waals surface area contributed by atoms with Crippen LogP contribution in [0.4, 0.5) is 5.69 Å². The summed E-state index contributed by atoms with van der Waals surface area (Å²) in [6.07, 6.45) is 3.56. The average molecular weight is 489 g/mol. The van der Waals surface area contributed by atoms with Crippen LogP contribution in [0.1, 0.15) is 33.5 Å². The van der Waals surface area contributed by atoms with Crippen LogP contribution in [0.15, 0.2) is 78.9 Å². The second kappa shape index (κ2) is 11.2. The summed E-state index contributed by atoms with van der Waals surface area (Å²) < 4.78 is 4.95. The van der Waals surface area contributed by atoms with Gasteiger partial charge in [0.2, 0.25) is 0 Å². The Morgan fingerprint density at radius 1 is 1.03 bits per heavy atom. The zero-order chi connectivity index (χ0) is 24.8. The Hall–Kier alpha value is -3.57. The van der Waals surface area contributed by atoms with E-state index in [-0.39, 0.29) is 0 Å². The number of carbonyl (C=O) groups is 2. The number of para-hydroxylation sites is 1. The first kappa shape index (κ1) is 24.6. The summed E-state index contributed by atoms with van der Waals surface area (Å²) in [6, 6.07) is 23.0. The zero-order valence-electron chi connectivity index (χ0n) is 20.0. The minimum Gasteiger partial charge on any atom is -0.467 e. The van der Waals surface area contributed by atoms with Gasteiger partial charge in [-0.2, -0.15) is 0 Å². The van der Waals surface area contributed by atoms with E-state index in [2.05, 4.69) is 52.7 Å². The van der Waals surface area contributed by atoms with Crippen molar-refractivity contribution in [3.63, 3.8) is 0 Å². The van der Waals surface area contributed by atoms with Crippen LogP contribution in [-0.4, -0.2) is 38.1 Å². The highest BCUT2D eigenvalue weighted by Crippen LogP contribution is 2.26. The van der Waals surface area contributed by atoms with Crippen molar-refractivity contribution >= 4 is 34.7 Å². The predicted octanol–water partition coefficient (Wildman–Crippen LogP) is 5.46. The molecule has 1 atom stereocenters. The molecule has 0 bridgehead atoms. The topological polar surface area (TPSA) is 58.6 Å². The SMILES string of the molecule is COC(=O)C(Cc1ccc(C2=CCN(c3ccccc3)CC2)cc1)NC(=O)c1c(C)cccc1Cl. The van der Waals surface area contributed by atoms with Crippen molar-refractivity contribution < 1.29 is 14.3 Å². The molecule has 0 aromatic heterocycles. The van der Waals surface area contributed by atoms with E-state index < -0.39 is 17.9 Å². The van der Waals surface area contributed by atoms with Gasteiger partial charge in [0.05, 0.1) is 17.7 Å². The van der Waals surface area contributed by atoms with Crippen molar-refractivity contribution in [2.45, 2.75) is 25.8 Å². The maximum absolute atomic E-state index is 12.9. The maximum atomic E-state index is 12.9. The van der Waals surface area contributed by atoms with E-state index in [1.807, 2.05) is 31.2 Å². The molecule has 0 radical (unpaired) electrons. The highest BCUT2D eigenvalue weighted by atomic mass is 35.5. The second-order valence-corrected chi connectivity index (χ2v) is 9.05. The van der Waals surface area contributed by atoms with E-state index in [9.17, 15) is 9.59 Å². The van der Waals surface area contributed by atoms with Crippen LogP contribution in [0.25, 0.3) is 5.57 Å². The Morgan fingerprint density at radius 3 is 2.40 bits per heavy atom. The number of methoxy groups -OCH3 is 1. The van der Waals surface area contributed by atoms with Crippen molar-refractivity contribution in [2.24, 2.45) is 0 Å². The van der Waals surface area contributed by atoms with Gasteiger partial charge in [0.1, 0.15) is 6.04 Å². The summed E-state index contributed by atoms with van der Waals surface area (Å²) in [5, 5.41) is 3.15. The Labute approximate surface area is 211 Å². The summed E-state index contributed by atoms with van der Waals surface area (Å²) in [6.45, 7) is 3.65. The highest BCUT2D eigenvalue weighted by molar-refractivity contribution is 6.34. The van der Waals surface area contributed by atoms with Gasteiger partial charge in [-0.25, -0.2) is 4.79 Å². The van der Waals surface area contributed by atoms with E-state index in [1.165, 1.54) is 23.9 Å². The first-order valence-corrected chi connectivity index (χ1v) is 12.1. The highest BCUT2D eigenvalue weighted by Gasteiger charge is 2.24. The van der Waals surface area contributed by atoms with Crippen molar-refractivity contribution in [1.29, 1.82) is 0 Å². The normalized spacial score (nSPS) is 14.1. The van der Waals surface area contributed by atoms with Gasteiger partial charge in [-0.1, -0.05) is 72.3 Å². The molecule has 1 amide bonds. The summed E-state index contributed by atoms with van der Waals surface area (Å²) in [4.78, 5) is 27.7. The lowest BCUT2D eigenvalue weighted by molar-refractivity contribution is -0.142. The molecule has 180 valence electrons. The number of nitrogens with one attached hydrogen (secondary N) is 1. The summed E-state index contributed by atoms with van der Waals surface area (Å²) >= 11 is 6.23. The quantitative estimate of drug-likeness (QED) is 0.449. The molecule has 1 aliphatic rings. The summed E-state index contributed by atoms with van der Waals surface area (Å²) in [5.41, 5.74) is 5.77. The van der Waals surface area contributed by atoms with Crippen molar-refractivity contribution in [2.75, 3.05) is 25.1 Å². The fraction of sp³-hybridized carbons (Fsp3) is 0.241. The van der Waals surface area contributed by atoms with Gasteiger partial charge >= 0.3 is 5.97 Å². The van der Waals surface area contributed by atoms with E-state index in [4.69, 9.17) is 16.3 Å². The zero-order valence-corrected chi connectivity index (χ0v) is 20.7. The number of amides is 1. The van der Waals surface area contributed by atoms with Crippen molar-refractivity contribution in [3.05, 3.63) is 106 Å². The van der Waals surface area contributed by atoms with Gasteiger partial charge in [-0.05, 0) is 53.8 Å². The number of esters is 1. The van der Waals surface area contributed by atoms with Gasteiger partial charge in [0, 0.05) is 25.2 Å². The number of halogens is 1. The molecule has 1 N–H and O–H groups in total. The van der Waals surface area contributed by atoms with Gasteiger partial charge < -0.3 is 15.0 Å². The predicted molar refractivity (Wildman–Crippen MR) is 141 cm³/mol. The molecular weight excluding hydrogens is 460 g/mol. The van der Waals surface area contributed by atoms with E-state index in [0.717, 1.165) is 30.6 Å². The van der Waals surface area contributed by atoms with Crippen LogP contribution in [0.5, 0.6) is 0 Å². The number of anilines is 1. The minimum absolute atomic E-state index is 0.322. The third kappa shape index (κ3) is 5.92. The van der Waals surface area contributed by atoms with E-state index in [0.29, 0.717) is 17.0 Å². The lowest BCUT2D eigenvalue weighted by Crippen LogP contribution is -2.43. The van der Waals surface area contributed by atoms with Gasteiger partial charge in [0.15, 0.2) is 0 Å². The number of hydrogen-bond donors (Lipinski definition) is 1. The first-order valence-electron chi connectivity index (χ1n) is 11.7. The largest absolute Gasteiger partial charge is 0.467 e. The molecular formula is C29H29ClN2O3. The lowest BCUT2D eigenvalue weighted by Gasteiger charge is -2.28.